The van der Waals surface area contributed by atoms with Crippen molar-refractivity contribution in [1.82, 2.24) is 19.4 Å². The van der Waals surface area contributed by atoms with Gasteiger partial charge in [-0.15, -0.1) is 0 Å². The molecule has 2 aromatic heterocycles. The predicted octanol–water partition coefficient (Wildman–Crippen LogP) is 3.25. The van der Waals surface area contributed by atoms with Crippen LogP contribution in [-0.2, 0) is 13.1 Å². The van der Waals surface area contributed by atoms with Gasteiger partial charge in [0.25, 0.3) is 0 Å². The number of benzene rings is 1. The standard InChI is InChI=1S/C19H23N5/c1-15-21-12-18(24(15)17-7-5-4-6-8-17)13-22-19-11-16(9-10-20-19)14-23(2)3/h4-12H,13-14H2,1-3H3,(H,20,22). The summed E-state index contributed by atoms with van der Waals surface area (Å²) in [6.45, 7) is 3.60. The zero-order chi connectivity index (χ0) is 16.9. The second kappa shape index (κ2) is 7.27. The van der Waals surface area contributed by atoms with E-state index < -0.39 is 0 Å². The first kappa shape index (κ1) is 16.2. The molecule has 0 saturated heterocycles. The van der Waals surface area contributed by atoms with Gasteiger partial charge in [0, 0.05) is 18.4 Å². The molecule has 5 nitrogen and oxygen atoms in total. The molecule has 0 spiro atoms. The van der Waals surface area contributed by atoms with Crippen molar-refractivity contribution in [2.75, 3.05) is 19.4 Å². The summed E-state index contributed by atoms with van der Waals surface area (Å²) in [7, 11) is 4.13. The van der Waals surface area contributed by atoms with Gasteiger partial charge in [-0.05, 0) is 50.8 Å². The van der Waals surface area contributed by atoms with Crippen LogP contribution in [0.15, 0.2) is 54.9 Å². The first-order chi connectivity index (χ1) is 11.6. The van der Waals surface area contributed by atoms with Gasteiger partial charge < -0.3 is 10.2 Å². The zero-order valence-corrected chi connectivity index (χ0v) is 14.4. The van der Waals surface area contributed by atoms with E-state index in [0.717, 1.165) is 29.6 Å². The Labute approximate surface area is 143 Å². The van der Waals surface area contributed by atoms with Gasteiger partial charge >= 0.3 is 0 Å². The number of hydrogen-bond donors (Lipinski definition) is 1. The fraction of sp³-hybridized carbons (Fsp3) is 0.263. The molecule has 1 aromatic carbocycles. The summed E-state index contributed by atoms with van der Waals surface area (Å²) in [5.74, 6) is 1.86. The van der Waals surface area contributed by atoms with Crippen molar-refractivity contribution in [3.05, 3.63) is 71.9 Å². The van der Waals surface area contributed by atoms with E-state index in [-0.39, 0.29) is 0 Å². The molecule has 124 valence electrons. The van der Waals surface area contributed by atoms with Crippen LogP contribution in [0.4, 0.5) is 5.82 Å². The average Bonchev–Trinajstić information content (AvgIpc) is 2.94. The fourth-order valence-electron chi connectivity index (χ4n) is 2.76. The molecule has 5 heteroatoms. The van der Waals surface area contributed by atoms with Crippen molar-refractivity contribution in [2.24, 2.45) is 0 Å². The number of hydrogen-bond acceptors (Lipinski definition) is 4. The van der Waals surface area contributed by atoms with Gasteiger partial charge in [0.2, 0.25) is 0 Å². The highest BCUT2D eigenvalue weighted by Gasteiger charge is 2.08. The summed E-state index contributed by atoms with van der Waals surface area (Å²) in [4.78, 5) is 11.0. The molecule has 1 N–H and O–H groups in total. The van der Waals surface area contributed by atoms with E-state index in [9.17, 15) is 0 Å². The molecule has 0 aliphatic rings. The largest absolute Gasteiger partial charge is 0.364 e. The van der Waals surface area contributed by atoms with Crippen molar-refractivity contribution >= 4 is 5.82 Å². The lowest BCUT2D eigenvalue weighted by Crippen LogP contribution is -2.12. The molecule has 0 unspecified atom stereocenters. The quantitative estimate of drug-likeness (QED) is 0.757. The second-order valence-corrected chi connectivity index (χ2v) is 6.11. The number of anilines is 1. The number of imidazole rings is 1. The second-order valence-electron chi connectivity index (χ2n) is 6.11. The van der Waals surface area contributed by atoms with Gasteiger partial charge in [0.1, 0.15) is 11.6 Å². The molecule has 24 heavy (non-hydrogen) atoms. The molecule has 0 atom stereocenters. The minimum atomic E-state index is 0.675. The van der Waals surface area contributed by atoms with E-state index in [0.29, 0.717) is 6.54 Å². The van der Waals surface area contributed by atoms with E-state index in [2.05, 4.69) is 57.0 Å². The molecule has 0 aliphatic carbocycles. The summed E-state index contributed by atoms with van der Waals surface area (Å²) in [5, 5.41) is 3.41. The Bertz CT molecular complexity index is 793. The third kappa shape index (κ3) is 3.81. The number of aryl methyl sites for hydroxylation is 1. The Balaban J connectivity index is 1.76. The molecule has 0 saturated carbocycles. The van der Waals surface area contributed by atoms with Crippen LogP contribution >= 0.6 is 0 Å². The van der Waals surface area contributed by atoms with Crippen LogP contribution in [0.25, 0.3) is 5.69 Å². The molecule has 0 fully saturated rings. The molecular formula is C19H23N5. The minimum Gasteiger partial charge on any atom is -0.364 e. The van der Waals surface area contributed by atoms with E-state index in [1.54, 1.807) is 0 Å². The molecule has 3 rings (SSSR count). The molecule has 0 amide bonds. The lowest BCUT2D eigenvalue weighted by Gasteiger charge is -2.13. The molecule has 0 aliphatic heterocycles. The van der Waals surface area contributed by atoms with Crippen LogP contribution in [0.3, 0.4) is 0 Å². The summed E-state index contributed by atoms with van der Waals surface area (Å²) in [6, 6.07) is 14.4. The first-order valence-electron chi connectivity index (χ1n) is 8.05. The summed E-state index contributed by atoms with van der Waals surface area (Å²) in [6.07, 6.45) is 3.76. The zero-order valence-electron chi connectivity index (χ0n) is 14.4. The van der Waals surface area contributed by atoms with Gasteiger partial charge in [-0.2, -0.15) is 0 Å². The monoisotopic (exact) mass is 321 g/mol. The smallest absolute Gasteiger partial charge is 0.126 e. The number of nitrogens with one attached hydrogen (secondary N) is 1. The summed E-state index contributed by atoms with van der Waals surface area (Å²) >= 11 is 0. The Hall–Kier alpha value is -2.66. The molecule has 0 bridgehead atoms. The van der Waals surface area contributed by atoms with Crippen LogP contribution in [0.1, 0.15) is 17.1 Å². The molecular weight excluding hydrogens is 298 g/mol. The van der Waals surface area contributed by atoms with Gasteiger partial charge in [-0.25, -0.2) is 9.97 Å². The molecule has 0 radical (unpaired) electrons. The third-order valence-corrected chi connectivity index (χ3v) is 3.80. The highest BCUT2D eigenvalue weighted by molar-refractivity contribution is 5.40. The van der Waals surface area contributed by atoms with Gasteiger partial charge in [-0.3, -0.25) is 4.57 Å². The van der Waals surface area contributed by atoms with Gasteiger partial charge in [0.15, 0.2) is 0 Å². The van der Waals surface area contributed by atoms with Crippen LogP contribution < -0.4 is 5.32 Å². The molecule has 2 heterocycles. The van der Waals surface area contributed by atoms with E-state index in [4.69, 9.17) is 0 Å². The minimum absolute atomic E-state index is 0.675. The van der Waals surface area contributed by atoms with Crippen molar-refractivity contribution in [1.29, 1.82) is 0 Å². The van der Waals surface area contributed by atoms with Crippen molar-refractivity contribution in [3.8, 4) is 5.69 Å². The Morgan fingerprint density at radius 2 is 1.88 bits per heavy atom. The summed E-state index contributed by atoms with van der Waals surface area (Å²) < 4.78 is 2.16. The first-order valence-corrected chi connectivity index (χ1v) is 8.05. The van der Waals surface area contributed by atoms with Crippen LogP contribution in [0, 0.1) is 6.92 Å². The Morgan fingerprint density at radius 3 is 2.62 bits per heavy atom. The Kier molecular flexibility index (Phi) is 4.91. The van der Waals surface area contributed by atoms with Crippen molar-refractivity contribution < 1.29 is 0 Å². The SMILES string of the molecule is Cc1ncc(CNc2cc(CN(C)C)ccn2)n1-c1ccccc1. The van der Waals surface area contributed by atoms with Crippen molar-refractivity contribution in [2.45, 2.75) is 20.0 Å². The average molecular weight is 321 g/mol. The highest BCUT2D eigenvalue weighted by atomic mass is 15.1. The maximum Gasteiger partial charge on any atom is 0.126 e. The maximum absolute atomic E-state index is 4.46. The maximum atomic E-state index is 4.46. The van der Waals surface area contributed by atoms with Gasteiger partial charge in [0.05, 0.1) is 18.4 Å². The fourth-order valence-corrected chi connectivity index (χ4v) is 2.76. The van der Waals surface area contributed by atoms with E-state index in [1.807, 2.05) is 43.6 Å². The van der Waals surface area contributed by atoms with E-state index >= 15 is 0 Å². The highest BCUT2D eigenvalue weighted by Crippen LogP contribution is 2.16. The number of para-hydroxylation sites is 1. The Morgan fingerprint density at radius 1 is 1.08 bits per heavy atom. The van der Waals surface area contributed by atoms with E-state index in [1.165, 1.54) is 5.56 Å². The number of pyridine rings is 1. The van der Waals surface area contributed by atoms with Crippen LogP contribution in [0.5, 0.6) is 0 Å². The lowest BCUT2D eigenvalue weighted by molar-refractivity contribution is 0.402. The normalized spacial score (nSPS) is 11.0. The third-order valence-electron chi connectivity index (χ3n) is 3.80. The van der Waals surface area contributed by atoms with Gasteiger partial charge in [-0.1, -0.05) is 18.2 Å². The lowest BCUT2D eigenvalue weighted by atomic mass is 10.2. The van der Waals surface area contributed by atoms with Crippen molar-refractivity contribution in [3.63, 3.8) is 0 Å². The number of rotatable bonds is 6. The topological polar surface area (TPSA) is 46.0 Å². The number of aromatic nitrogens is 3. The van der Waals surface area contributed by atoms with Crippen LogP contribution in [-0.4, -0.2) is 33.5 Å². The van der Waals surface area contributed by atoms with Crippen LogP contribution in [0.2, 0.25) is 0 Å². The predicted molar refractivity (Wildman–Crippen MR) is 97.3 cm³/mol. The number of nitrogens with zero attached hydrogens (tertiary/aromatic N) is 4. The summed E-state index contributed by atoms with van der Waals surface area (Å²) in [5.41, 5.74) is 3.47. The molecule has 3 aromatic rings.